The van der Waals surface area contributed by atoms with E-state index < -0.39 is 0 Å². The molecule has 0 unspecified atom stereocenters. The molecule has 0 aromatic carbocycles. The molecule has 7 heteroatoms. The van der Waals surface area contributed by atoms with Crippen LogP contribution in [0.2, 0.25) is 0 Å². The van der Waals surface area contributed by atoms with Gasteiger partial charge >= 0.3 is 6.03 Å². The molecule has 24 heavy (non-hydrogen) atoms. The molecule has 3 heterocycles. The zero-order valence-corrected chi connectivity index (χ0v) is 14.0. The molecule has 0 aliphatic carbocycles. The van der Waals surface area contributed by atoms with E-state index in [2.05, 4.69) is 20.4 Å². The van der Waals surface area contributed by atoms with Crippen LogP contribution in [0.5, 0.6) is 0 Å². The summed E-state index contributed by atoms with van der Waals surface area (Å²) in [6.07, 6.45) is 4.12. The summed E-state index contributed by atoms with van der Waals surface area (Å²) in [5.41, 5.74) is 3.31. The zero-order valence-electron chi connectivity index (χ0n) is 14.0. The van der Waals surface area contributed by atoms with Crippen LogP contribution in [0.4, 0.5) is 10.5 Å². The van der Waals surface area contributed by atoms with Crippen LogP contribution in [0.25, 0.3) is 11.0 Å². The second kappa shape index (κ2) is 6.66. The van der Waals surface area contributed by atoms with Gasteiger partial charge in [0.05, 0.1) is 17.6 Å². The summed E-state index contributed by atoms with van der Waals surface area (Å²) in [6, 6.07) is 7.50. The van der Waals surface area contributed by atoms with Gasteiger partial charge in [-0.1, -0.05) is 6.07 Å². The second-order valence-corrected chi connectivity index (χ2v) is 5.73. The Hall–Kier alpha value is -2.96. The molecule has 3 rings (SSSR count). The molecular formula is C17H20N6O. The van der Waals surface area contributed by atoms with Crippen molar-refractivity contribution in [1.82, 2.24) is 24.6 Å². The monoisotopic (exact) mass is 324 g/mol. The van der Waals surface area contributed by atoms with Crippen LogP contribution in [0.1, 0.15) is 11.4 Å². The molecule has 0 aliphatic heterocycles. The quantitative estimate of drug-likeness (QED) is 0.799. The van der Waals surface area contributed by atoms with E-state index in [1.165, 1.54) is 0 Å². The lowest BCUT2D eigenvalue weighted by Crippen LogP contribution is -2.33. The number of likely N-dealkylation sites (N-methyl/N-ethyl adjacent to an activating group) is 1. The van der Waals surface area contributed by atoms with Gasteiger partial charge in [0.1, 0.15) is 0 Å². The minimum atomic E-state index is -0.173. The molecule has 0 bridgehead atoms. The Morgan fingerprint density at radius 2 is 2.17 bits per heavy atom. The molecule has 0 fully saturated rings. The van der Waals surface area contributed by atoms with E-state index in [9.17, 15) is 4.79 Å². The van der Waals surface area contributed by atoms with Gasteiger partial charge in [0.2, 0.25) is 0 Å². The van der Waals surface area contributed by atoms with Crippen molar-refractivity contribution in [2.75, 3.05) is 18.9 Å². The van der Waals surface area contributed by atoms with Crippen LogP contribution < -0.4 is 5.32 Å². The second-order valence-electron chi connectivity index (χ2n) is 5.73. The first-order valence-electron chi connectivity index (χ1n) is 7.76. The summed E-state index contributed by atoms with van der Waals surface area (Å²) in [5.74, 6) is 0. The van der Waals surface area contributed by atoms with Crippen LogP contribution >= 0.6 is 0 Å². The Morgan fingerprint density at radius 3 is 2.92 bits per heavy atom. The fourth-order valence-electron chi connectivity index (χ4n) is 2.52. The first-order chi connectivity index (χ1) is 11.5. The highest BCUT2D eigenvalue weighted by atomic mass is 16.2. The summed E-state index contributed by atoms with van der Waals surface area (Å²) in [7, 11) is 3.62. The molecule has 0 spiro atoms. The van der Waals surface area contributed by atoms with Crippen molar-refractivity contribution in [1.29, 1.82) is 0 Å². The fraction of sp³-hybridized carbons (Fsp3) is 0.294. The summed E-state index contributed by atoms with van der Waals surface area (Å²) < 4.78 is 1.73. The first kappa shape index (κ1) is 15.9. The molecule has 0 aliphatic rings. The van der Waals surface area contributed by atoms with Crippen molar-refractivity contribution < 1.29 is 4.79 Å². The number of amides is 2. The van der Waals surface area contributed by atoms with Gasteiger partial charge in [0, 0.05) is 44.3 Å². The van der Waals surface area contributed by atoms with Crippen molar-refractivity contribution in [3.05, 3.63) is 48.0 Å². The highest BCUT2D eigenvalue weighted by molar-refractivity contribution is 5.91. The lowest BCUT2D eigenvalue weighted by Gasteiger charge is -2.17. The molecule has 3 aromatic rings. The smallest absolute Gasteiger partial charge is 0.321 e. The van der Waals surface area contributed by atoms with Crippen LogP contribution in [0, 0.1) is 6.92 Å². The van der Waals surface area contributed by atoms with Crippen molar-refractivity contribution in [3.63, 3.8) is 0 Å². The maximum absolute atomic E-state index is 12.3. The van der Waals surface area contributed by atoms with Gasteiger partial charge in [-0.05, 0) is 25.1 Å². The number of carbonyl (C=O) groups is 1. The number of anilines is 1. The Morgan fingerprint density at radius 1 is 1.33 bits per heavy atom. The molecule has 0 atom stereocenters. The maximum Gasteiger partial charge on any atom is 0.321 e. The number of aryl methyl sites for hydroxylation is 2. The number of hydrogen-bond acceptors (Lipinski definition) is 4. The Bertz CT molecular complexity index is 858. The van der Waals surface area contributed by atoms with Crippen LogP contribution in [-0.2, 0) is 13.5 Å². The summed E-state index contributed by atoms with van der Waals surface area (Å²) in [6.45, 7) is 2.51. The SMILES string of the molecule is Cc1nn(C)c2ncc(NC(=O)N(C)CCc3ccccn3)cc12. The molecule has 2 amide bonds. The van der Waals surface area contributed by atoms with Crippen molar-refractivity contribution in [3.8, 4) is 0 Å². The Kier molecular flexibility index (Phi) is 4.41. The zero-order chi connectivity index (χ0) is 17.1. The largest absolute Gasteiger partial charge is 0.327 e. The van der Waals surface area contributed by atoms with E-state index >= 15 is 0 Å². The average Bonchev–Trinajstić information content (AvgIpc) is 2.87. The minimum absolute atomic E-state index is 0.173. The van der Waals surface area contributed by atoms with E-state index in [-0.39, 0.29) is 6.03 Å². The third-order valence-corrected chi connectivity index (χ3v) is 3.89. The average molecular weight is 324 g/mol. The van der Waals surface area contributed by atoms with Crippen LogP contribution in [0.15, 0.2) is 36.7 Å². The lowest BCUT2D eigenvalue weighted by atomic mass is 10.2. The molecule has 3 aromatic heterocycles. The maximum atomic E-state index is 12.3. The standard InChI is InChI=1S/C17H20N6O/c1-12-15-10-14(11-19-16(15)23(3)21-12)20-17(24)22(2)9-7-13-6-4-5-8-18-13/h4-6,8,10-11H,7,9H2,1-3H3,(H,20,24). The van der Waals surface area contributed by atoms with E-state index in [4.69, 9.17) is 0 Å². The number of urea groups is 1. The number of carbonyl (C=O) groups excluding carboxylic acids is 1. The number of nitrogens with zero attached hydrogens (tertiary/aromatic N) is 5. The van der Waals surface area contributed by atoms with Gasteiger partial charge in [0.15, 0.2) is 5.65 Å². The molecule has 0 saturated carbocycles. The van der Waals surface area contributed by atoms with E-state index in [0.717, 1.165) is 22.4 Å². The summed E-state index contributed by atoms with van der Waals surface area (Å²) in [5, 5.41) is 8.14. The van der Waals surface area contributed by atoms with Gasteiger partial charge in [-0.2, -0.15) is 5.10 Å². The molecule has 1 N–H and O–H groups in total. The van der Waals surface area contributed by atoms with E-state index in [1.807, 2.05) is 38.2 Å². The van der Waals surface area contributed by atoms with Gasteiger partial charge in [-0.25, -0.2) is 9.78 Å². The number of rotatable bonds is 4. The topological polar surface area (TPSA) is 75.9 Å². The molecular weight excluding hydrogens is 304 g/mol. The van der Waals surface area contributed by atoms with E-state index in [1.54, 1.807) is 29.0 Å². The van der Waals surface area contributed by atoms with Crippen molar-refractivity contribution >= 4 is 22.8 Å². The van der Waals surface area contributed by atoms with Gasteiger partial charge in [-0.3, -0.25) is 9.67 Å². The molecule has 7 nitrogen and oxygen atoms in total. The van der Waals surface area contributed by atoms with Crippen LogP contribution in [-0.4, -0.2) is 44.3 Å². The van der Waals surface area contributed by atoms with Gasteiger partial charge in [0.25, 0.3) is 0 Å². The number of hydrogen-bond donors (Lipinski definition) is 1. The number of pyridine rings is 2. The fourth-order valence-corrected chi connectivity index (χ4v) is 2.52. The Balaban J connectivity index is 1.64. The predicted molar refractivity (Wildman–Crippen MR) is 92.8 cm³/mol. The van der Waals surface area contributed by atoms with Gasteiger partial charge in [-0.15, -0.1) is 0 Å². The summed E-state index contributed by atoms with van der Waals surface area (Å²) >= 11 is 0. The summed E-state index contributed by atoms with van der Waals surface area (Å²) in [4.78, 5) is 22.6. The van der Waals surface area contributed by atoms with Gasteiger partial charge < -0.3 is 10.2 Å². The molecule has 0 radical (unpaired) electrons. The van der Waals surface area contributed by atoms with Crippen LogP contribution in [0.3, 0.4) is 0 Å². The molecule has 0 saturated heterocycles. The number of aromatic nitrogens is 4. The third-order valence-electron chi connectivity index (χ3n) is 3.89. The Labute approximate surface area is 140 Å². The number of fused-ring (bicyclic) bond motifs is 1. The highest BCUT2D eigenvalue weighted by Crippen LogP contribution is 2.19. The van der Waals surface area contributed by atoms with Crippen molar-refractivity contribution in [2.24, 2.45) is 7.05 Å². The predicted octanol–water partition coefficient (Wildman–Crippen LogP) is 2.38. The lowest BCUT2D eigenvalue weighted by molar-refractivity contribution is 0.223. The minimum Gasteiger partial charge on any atom is -0.327 e. The normalized spacial score (nSPS) is 10.8. The highest BCUT2D eigenvalue weighted by Gasteiger charge is 2.12. The van der Waals surface area contributed by atoms with Crippen molar-refractivity contribution in [2.45, 2.75) is 13.3 Å². The number of nitrogens with one attached hydrogen (secondary N) is 1. The van der Waals surface area contributed by atoms with E-state index in [0.29, 0.717) is 18.7 Å². The first-order valence-corrected chi connectivity index (χ1v) is 7.76. The molecule has 124 valence electrons. The third kappa shape index (κ3) is 3.34.